The molecule has 0 unspecified atom stereocenters. The van der Waals surface area contributed by atoms with Crippen molar-refractivity contribution in [1.29, 1.82) is 0 Å². The summed E-state index contributed by atoms with van der Waals surface area (Å²) < 4.78 is 11.3. The lowest BCUT2D eigenvalue weighted by atomic mass is 10.1. The summed E-state index contributed by atoms with van der Waals surface area (Å²) in [5, 5.41) is 4.41. The fraction of sp³-hybridized carbons (Fsp3) is 0.471. The van der Waals surface area contributed by atoms with Gasteiger partial charge < -0.3 is 14.8 Å². The van der Waals surface area contributed by atoms with Crippen molar-refractivity contribution < 1.29 is 9.47 Å². The molecule has 0 fully saturated rings. The Hall–Kier alpha value is -1.97. The number of hydrogen-bond acceptors (Lipinski definition) is 4. The molecule has 2 aromatic rings. The first-order chi connectivity index (χ1) is 10.2. The number of nitrogens with zero attached hydrogens (tertiary/aromatic N) is 1. The summed E-state index contributed by atoms with van der Waals surface area (Å²) in [6.45, 7) is 10.3. The number of rotatable bonds is 7. The fourth-order valence-electron chi connectivity index (χ4n) is 2.35. The number of anilines is 1. The van der Waals surface area contributed by atoms with Crippen molar-refractivity contribution in [1.82, 2.24) is 4.98 Å². The van der Waals surface area contributed by atoms with E-state index in [4.69, 9.17) is 14.5 Å². The molecule has 1 aromatic carbocycles. The van der Waals surface area contributed by atoms with Crippen LogP contribution in [-0.4, -0.2) is 24.7 Å². The number of pyridine rings is 1. The van der Waals surface area contributed by atoms with Gasteiger partial charge in [0.25, 0.3) is 0 Å². The molecule has 0 radical (unpaired) electrons. The van der Waals surface area contributed by atoms with Gasteiger partial charge in [-0.05, 0) is 44.9 Å². The van der Waals surface area contributed by atoms with Crippen LogP contribution in [0.3, 0.4) is 0 Å². The molecule has 0 amide bonds. The van der Waals surface area contributed by atoms with Gasteiger partial charge in [-0.25, -0.2) is 4.98 Å². The second-order valence-corrected chi connectivity index (χ2v) is 4.74. The van der Waals surface area contributed by atoms with Gasteiger partial charge in [-0.1, -0.05) is 6.92 Å². The molecule has 0 saturated heterocycles. The lowest BCUT2D eigenvalue weighted by Crippen LogP contribution is -2.04. The minimum atomic E-state index is 0.610. The van der Waals surface area contributed by atoms with Gasteiger partial charge in [0.1, 0.15) is 5.82 Å². The van der Waals surface area contributed by atoms with Crippen molar-refractivity contribution in [3.63, 3.8) is 0 Å². The largest absolute Gasteiger partial charge is 0.490 e. The Kier molecular flexibility index (Phi) is 5.26. The van der Waals surface area contributed by atoms with Crippen LogP contribution in [0.5, 0.6) is 11.5 Å². The Bertz CT molecular complexity index is 611. The minimum absolute atomic E-state index is 0.610. The number of ether oxygens (including phenoxy) is 2. The van der Waals surface area contributed by atoms with Crippen LogP contribution in [0.4, 0.5) is 5.82 Å². The van der Waals surface area contributed by atoms with Crippen molar-refractivity contribution >= 4 is 16.7 Å². The predicted molar refractivity (Wildman–Crippen MR) is 87.6 cm³/mol. The topological polar surface area (TPSA) is 43.4 Å². The maximum atomic E-state index is 5.68. The van der Waals surface area contributed by atoms with Gasteiger partial charge >= 0.3 is 0 Å². The molecular weight excluding hydrogens is 264 g/mol. The zero-order chi connectivity index (χ0) is 15.2. The van der Waals surface area contributed by atoms with E-state index in [1.807, 2.05) is 26.0 Å². The monoisotopic (exact) mass is 288 g/mol. The maximum Gasteiger partial charge on any atom is 0.163 e. The molecule has 4 nitrogen and oxygen atoms in total. The number of hydrogen-bond donors (Lipinski definition) is 1. The van der Waals surface area contributed by atoms with Crippen LogP contribution in [0.25, 0.3) is 10.9 Å². The van der Waals surface area contributed by atoms with Crippen LogP contribution in [0.15, 0.2) is 18.2 Å². The highest BCUT2D eigenvalue weighted by Gasteiger charge is 2.11. The second-order valence-electron chi connectivity index (χ2n) is 4.74. The first-order valence-electron chi connectivity index (χ1n) is 7.70. The standard InChI is InChI=1S/C17H24N2O2/c1-5-12-9-13-10-15(20-7-3)16(21-8-4)11-14(13)19-17(12)18-6-2/h9-11H,5-8H2,1-4H3,(H,18,19). The van der Waals surface area contributed by atoms with Crippen molar-refractivity contribution in [3.05, 3.63) is 23.8 Å². The van der Waals surface area contributed by atoms with Crippen LogP contribution in [0.2, 0.25) is 0 Å². The normalized spacial score (nSPS) is 10.7. The summed E-state index contributed by atoms with van der Waals surface area (Å²) in [5.74, 6) is 2.50. The number of aryl methyl sites for hydroxylation is 1. The third kappa shape index (κ3) is 3.38. The summed E-state index contributed by atoms with van der Waals surface area (Å²) in [5.41, 5.74) is 2.14. The number of fused-ring (bicyclic) bond motifs is 1. The van der Waals surface area contributed by atoms with E-state index in [0.717, 1.165) is 41.2 Å². The molecule has 2 rings (SSSR count). The van der Waals surface area contributed by atoms with E-state index in [-0.39, 0.29) is 0 Å². The Morgan fingerprint density at radius 3 is 2.19 bits per heavy atom. The average molecular weight is 288 g/mol. The Morgan fingerprint density at radius 2 is 1.62 bits per heavy atom. The second kappa shape index (κ2) is 7.16. The van der Waals surface area contributed by atoms with Gasteiger partial charge in [0, 0.05) is 18.0 Å². The zero-order valence-electron chi connectivity index (χ0n) is 13.3. The number of aromatic nitrogens is 1. The van der Waals surface area contributed by atoms with Gasteiger partial charge in [-0.2, -0.15) is 0 Å². The number of benzene rings is 1. The third-order valence-electron chi connectivity index (χ3n) is 3.28. The molecule has 1 N–H and O–H groups in total. The first-order valence-corrected chi connectivity index (χ1v) is 7.70. The lowest BCUT2D eigenvalue weighted by molar-refractivity contribution is 0.288. The SMILES string of the molecule is CCNc1nc2cc(OCC)c(OCC)cc2cc1CC. The molecule has 114 valence electrons. The van der Waals surface area contributed by atoms with Gasteiger partial charge in [0.2, 0.25) is 0 Å². The molecule has 0 aliphatic rings. The maximum absolute atomic E-state index is 5.68. The molecule has 1 aromatic heterocycles. The first kappa shape index (κ1) is 15.4. The van der Waals surface area contributed by atoms with Gasteiger partial charge in [0.05, 0.1) is 18.7 Å². The van der Waals surface area contributed by atoms with Crippen molar-refractivity contribution in [2.75, 3.05) is 25.1 Å². The van der Waals surface area contributed by atoms with Crippen molar-refractivity contribution in [3.8, 4) is 11.5 Å². The molecule has 4 heteroatoms. The molecule has 0 aliphatic heterocycles. The Labute approximate surface area is 126 Å². The van der Waals surface area contributed by atoms with Gasteiger partial charge in [-0.3, -0.25) is 0 Å². The van der Waals surface area contributed by atoms with Crippen molar-refractivity contribution in [2.24, 2.45) is 0 Å². The molecule has 0 spiro atoms. The summed E-state index contributed by atoms with van der Waals surface area (Å²) >= 11 is 0. The predicted octanol–water partition coefficient (Wildman–Crippen LogP) is 4.03. The van der Waals surface area contributed by atoms with Crippen molar-refractivity contribution in [2.45, 2.75) is 34.1 Å². The quantitative estimate of drug-likeness (QED) is 0.835. The highest BCUT2D eigenvalue weighted by molar-refractivity contribution is 5.85. The van der Waals surface area contributed by atoms with E-state index in [9.17, 15) is 0 Å². The summed E-state index contributed by atoms with van der Waals surface area (Å²) in [6.07, 6.45) is 0.947. The Balaban J connectivity index is 2.57. The molecular formula is C17H24N2O2. The van der Waals surface area contributed by atoms with Crippen LogP contribution >= 0.6 is 0 Å². The van der Waals surface area contributed by atoms with E-state index >= 15 is 0 Å². The molecule has 0 atom stereocenters. The molecule has 0 bridgehead atoms. The molecule has 1 heterocycles. The van der Waals surface area contributed by atoms with E-state index in [2.05, 4.69) is 25.2 Å². The van der Waals surface area contributed by atoms with E-state index in [1.54, 1.807) is 0 Å². The van der Waals surface area contributed by atoms with Gasteiger partial charge in [-0.15, -0.1) is 0 Å². The molecule has 21 heavy (non-hydrogen) atoms. The highest BCUT2D eigenvalue weighted by Crippen LogP contribution is 2.33. The third-order valence-corrected chi connectivity index (χ3v) is 3.28. The Morgan fingerprint density at radius 1 is 0.952 bits per heavy atom. The van der Waals surface area contributed by atoms with E-state index in [1.165, 1.54) is 5.56 Å². The zero-order valence-corrected chi connectivity index (χ0v) is 13.3. The van der Waals surface area contributed by atoms with E-state index < -0.39 is 0 Å². The summed E-state index contributed by atoms with van der Waals surface area (Å²) in [7, 11) is 0. The highest BCUT2D eigenvalue weighted by atomic mass is 16.5. The smallest absolute Gasteiger partial charge is 0.163 e. The summed E-state index contributed by atoms with van der Waals surface area (Å²) in [6, 6.07) is 6.16. The van der Waals surface area contributed by atoms with Crippen LogP contribution in [-0.2, 0) is 6.42 Å². The average Bonchev–Trinajstić information content (AvgIpc) is 2.48. The molecule has 0 aliphatic carbocycles. The van der Waals surface area contributed by atoms with Gasteiger partial charge in [0.15, 0.2) is 11.5 Å². The van der Waals surface area contributed by atoms with Crippen LogP contribution in [0.1, 0.15) is 33.3 Å². The minimum Gasteiger partial charge on any atom is -0.490 e. The fourth-order valence-corrected chi connectivity index (χ4v) is 2.35. The van der Waals surface area contributed by atoms with Crippen LogP contribution in [0, 0.1) is 0 Å². The lowest BCUT2D eigenvalue weighted by Gasteiger charge is -2.14. The summed E-state index contributed by atoms with van der Waals surface area (Å²) in [4.78, 5) is 4.73. The number of nitrogens with one attached hydrogen (secondary N) is 1. The molecule has 0 saturated carbocycles. The van der Waals surface area contributed by atoms with Crippen LogP contribution < -0.4 is 14.8 Å². The van der Waals surface area contributed by atoms with E-state index in [0.29, 0.717) is 13.2 Å².